The van der Waals surface area contributed by atoms with Gasteiger partial charge < -0.3 is 4.74 Å². The van der Waals surface area contributed by atoms with E-state index in [-0.39, 0.29) is 5.97 Å². The van der Waals surface area contributed by atoms with E-state index in [0.717, 1.165) is 25.2 Å². The number of carbonyl (C=O) groups is 2. The summed E-state index contributed by atoms with van der Waals surface area (Å²) in [6.45, 7) is 7.33. The highest BCUT2D eigenvalue weighted by molar-refractivity contribution is 5.79. The van der Waals surface area contributed by atoms with Crippen LogP contribution in [-0.2, 0) is 14.3 Å². The average Bonchev–Trinajstić information content (AvgIpc) is 2.93. The third kappa shape index (κ3) is 29.9. The molecule has 0 aromatic heterocycles. The van der Waals surface area contributed by atoms with Crippen LogP contribution in [0.4, 0.5) is 0 Å². The maximum Gasteiger partial charge on any atom is 0.305 e. The molecule has 0 spiro atoms. The van der Waals surface area contributed by atoms with Crippen LogP contribution in [0, 0.1) is 5.92 Å². The highest BCUT2D eigenvalue weighted by Gasteiger charge is 2.10. The fourth-order valence-electron chi connectivity index (χ4n) is 5.66. The molecule has 39 heavy (non-hydrogen) atoms. The molecule has 0 N–H and O–H groups in total. The number of esters is 1. The second kappa shape index (κ2) is 31.7. The van der Waals surface area contributed by atoms with Gasteiger partial charge in [0, 0.05) is 19.3 Å². The van der Waals surface area contributed by atoms with Crippen LogP contribution in [0.5, 0.6) is 0 Å². The van der Waals surface area contributed by atoms with Crippen molar-refractivity contribution < 1.29 is 14.3 Å². The van der Waals surface area contributed by atoms with Gasteiger partial charge in [0.2, 0.25) is 0 Å². The number of hydrogen-bond acceptors (Lipinski definition) is 3. The van der Waals surface area contributed by atoms with E-state index in [1.165, 1.54) is 141 Å². The highest BCUT2D eigenvalue weighted by atomic mass is 16.5. The second-order valence-electron chi connectivity index (χ2n) is 12.3. The maximum atomic E-state index is 12.1. The number of unbranched alkanes of at least 4 members (excludes halogenated alkanes) is 18. The van der Waals surface area contributed by atoms with E-state index in [9.17, 15) is 9.59 Å². The monoisotopic (exact) mass is 551 g/mol. The largest absolute Gasteiger partial charge is 0.466 e. The number of hydrogen-bond donors (Lipinski definition) is 0. The quantitative estimate of drug-likeness (QED) is 0.0618. The standard InChI is InChI=1S/C36H70O3/c1-4-7-10-13-15-17-20-22-28-34(27-21-19-16-14-11-8-5-2)29-24-25-33-39-36(38)32-26-31-35(37)30-23-18-12-9-6-3/h34H,4-33H2,1-3H3. The molecule has 0 aliphatic heterocycles. The first kappa shape index (κ1) is 38.1. The van der Waals surface area contributed by atoms with Crippen LogP contribution in [0.3, 0.4) is 0 Å². The summed E-state index contributed by atoms with van der Waals surface area (Å²) in [5.41, 5.74) is 0. The van der Waals surface area contributed by atoms with Crippen molar-refractivity contribution in [3.8, 4) is 0 Å². The first-order valence-electron chi connectivity index (χ1n) is 17.8. The first-order chi connectivity index (χ1) is 19.1. The van der Waals surface area contributed by atoms with Crippen molar-refractivity contribution in [3.05, 3.63) is 0 Å². The summed E-state index contributed by atoms with van der Waals surface area (Å²) in [6, 6.07) is 0. The summed E-state index contributed by atoms with van der Waals surface area (Å²) in [5, 5.41) is 0. The summed E-state index contributed by atoms with van der Waals surface area (Å²) in [7, 11) is 0. The Morgan fingerprint density at radius 1 is 0.436 bits per heavy atom. The molecule has 1 atom stereocenters. The van der Waals surface area contributed by atoms with Crippen molar-refractivity contribution in [1.82, 2.24) is 0 Å². The Morgan fingerprint density at radius 3 is 1.31 bits per heavy atom. The molecule has 0 radical (unpaired) electrons. The van der Waals surface area contributed by atoms with Crippen molar-refractivity contribution in [2.45, 2.75) is 207 Å². The molecule has 3 nitrogen and oxygen atoms in total. The van der Waals surface area contributed by atoms with Gasteiger partial charge in [0.15, 0.2) is 0 Å². The van der Waals surface area contributed by atoms with E-state index in [1.807, 2.05) is 0 Å². The number of ether oxygens (including phenoxy) is 1. The summed E-state index contributed by atoms with van der Waals surface area (Å²) < 4.78 is 5.48. The predicted molar refractivity (Wildman–Crippen MR) is 170 cm³/mol. The Kier molecular flexibility index (Phi) is 31.0. The minimum Gasteiger partial charge on any atom is -0.466 e. The van der Waals surface area contributed by atoms with Gasteiger partial charge in [-0.2, -0.15) is 0 Å². The average molecular weight is 551 g/mol. The molecule has 0 rings (SSSR count). The van der Waals surface area contributed by atoms with Crippen molar-refractivity contribution in [2.75, 3.05) is 6.61 Å². The zero-order valence-electron chi connectivity index (χ0n) is 27.0. The Morgan fingerprint density at radius 2 is 0.821 bits per heavy atom. The Balaban J connectivity index is 3.97. The van der Waals surface area contributed by atoms with Crippen molar-refractivity contribution in [3.63, 3.8) is 0 Å². The molecule has 0 aromatic rings. The molecule has 3 heteroatoms. The lowest BCUT2D eigenvalue weighted by atomic mass is 9.90. The van der Waals surface area contributed by atoms with Gasteiger partial charge >= 0.3 is 5.97 Å². The van der Waals surface area contributed by atoms with Crippen LogP contribution in [-0.4, -0.2) is 18.4 Å². The molecule has 0 aliphatic carbocycles. The minimum absolute atomic E-state index is 0.121. The van der Waals surface area contributed by atoms with Gasteiger partial charge in [-0.05, 0) is 31.6 Å². The lowest BCUT2D eigenvalue weighted by Crippen LogP contribution is -2.08. The summed E-state index contributed by atoms with van der Waals surface area (Å²) in [5.74, 6) is 1.04. The Hall–Kier alpha value is -0.860. The third-order valence-corrected chi connectivity index (χ3v) is 8.35. The van der Waals surface area contributed by atoms with Gasteiger partial charge in [0.25, 0.3) is 0 Å². The topological polar surface area (TPSA) is 43.4 Å². The lowest BCUT2D eigenvalue weighted by Gasteiger charge is -2.17. The number of Topliss-reactive ketones (excluding diaryl/α,β-unsaturated/α-hetero) is 1. The van der Waals surface area contributed by atoms with Crippen LogP contribution in [0.25, 0.3) is 0 Å². The molecule has 0 bridgehead atoms. The minimum atomic E-state index is -0.121. The van der Waals surface area contributed by atoms with Crippen LogP contribution >= 0.6 is 0 Å². The van der Waals surface area contributed by atoms with E-state index in [2.05, 4.69) is 20.8 Å². The Bertz CT molecular complexity index is 515. The summed E-state index contributed by atoms with van der Waals surface area (Å²) in [4.78, 5) is 24.1. The van der Waals surface area contributed by atoms with Crippen molar-refractivity contribution in [2.24, 2.45) is 5.92 Å². The van der Waals surface area contributed by atoms with Gasteiger partial charge in [0.05, 0.1) is 6.61 Å². The smallest absolute Gasteiger partial charge is 0.305 e. The van der Waals surface area contributed by atoms with Gasteiger partial charge in [-0.3, -0.25) is 9.59 Å². The molecule has 0 heterocycles. The van der Waals surface area contributed by atoms with Crippen LogP contribution in [0.15, 0.2) is 0 Å². The van der Waals surface area contributed by atoms with Gasteiger partial charge in [-0.15, -0.1) is 0 Å². The van der Waals surface area contributed by atoms with E-state index in [4.69, 9.17) is 4.74 Å². The molecule has 0 saturated carbocycles. The normalized spacial score (nSPS) is 12.1. The predicted octanol–water partition coefficient (Wildman–Crippen LogP) is 12.1. The fourth-order valence-corrected chi connectivity index (χ4v) is 5.66. The summed E-state index contributed by atoms with van der Waals surface area (Å²) in [6.07, 6.45) is 35.3. The van der Waals surface area contributed by atoms with Gasteiger partial charge in [0.1, 0.15) is 5.78 Å². The van der Waals surface area contributed by atoms with Crippen LogP contribution in [0.1, 0.15) is 207 Å². The van der Waals surface area contributed by atoms with Crippen molar-refractivity contribution >= 4 is 11.8 Å². The lowest BCUT2D eigenvalue weighted by molar-refractivity contribution is -0.143. The van der Waals surface area contributed by atoms with Gasteiger partial charge in [-0.1, -0.05) is 162 Å². The van der Waals surface area contributed by atoms with E-state index >= 15 is 0 Å². The zero-order chi connectivity index (χ0) is 28.7. The Labute approximate surface area is 245 Å². The molecule has 232 valence electrons. The van der Waals surface area contributed by atoms with Crippen LogP contribution in [0.2, 0.25) is 0 Å². The number of ketones is 1. The summed E-state index contributed by atoms with van der Waals surface area (Å²) >= 11 is 0. The molecular formula is C36H70O3. The fraction of sp³-hybridized carbons (Fsp3) is 0.944. The second-order valence-corrected chi connectivity index (χ2v) is 12.3. The number of rotatable bonds is 32. The van der Waals surface area contributed by atoms with Crippen LogP contribution < -0.4 is 0 Å². The van der Waals surface area contributed by atoms with E-state index in [0.29, 0.717) is 38.1 Å². The molecule has 1 unspecified atom stereocenters. The molecule has 0 fully saturated rings. The molecule has 0 saturated heterocycles. The molecule has 0 aromatic carbocycles. The zero-order valence-corrected chi connectivity index (χ0v) is 27.0. The van der Waals surface area contributed by atoms with Gasteiger partial charge in [-0.25, -0.2) is 0 Å². The SMILES string of the molecule is CCCCCCCCCCC(CCCCCCCCC)CCCCOC(=O)CCCC(=O)CCCCCCC. The van der Waals surface area contributed by atoms with E-state index in [1.54, 1.807) is 0 Å². The number of carbonyl (C=O) groups excluding carboxylic acids is 2. The maximum absolute atomic E-state index is 12.1. The first-order valence-corrected chi connectivity index (χ1v) is 17.8. The third-order valence-electron chi connectivity index (χ3n) is 8.35. The molecule has 0 amide bonds. The van der Waals surface area contributed by atoms with E-state index < -0.39 is 0 Å². The molecule has 0 aliphatic rings. The highest BCUT2D eigenvalue weighted by Crippen LogP contribution is 2.24. The molecular weight excluding hydrogens is 480 g/mol. The van der Waals surface area contributed by atoms with Crippen molar-refractivity contribution in [1.29, 1.82) is 0 Å².